The zero-order chi connectivity index (χ0) is 12.3. The number of carbonyl (C=O) groups excluding carboxylic acids is 2. The molecule has 0 saturated carbocycles. The van der Waals surface area contributed by atoms with Crippen molar-refractivity contribution < 1.29 is 14.3 Å². The molecule has 6 heteroatoms. The van der Waals surface area contributed by atoms with Gasteiger partial charge in [0.05, 0.1) is 6.61 Å². The Balaban J connectivity index is 2.03. The molecule has 2 N–H and O–H groups in total. The Labute approximate surface area is 101 Å². The molecule has 6 nitrogen and oxygen atoms in total. The predicted molar refractivity (Wildman–Crippen MR) is 61.4 cm³/mol. The Morgan fingerprint density at radius 3 is 3.00 bits per heavy atom. The first kappa shape index (κ1) is 12.3. The fourth-order valence-electron chi connectivity index (χ4n) is 2.29. The minimum atomic E-state index is -0.441. The van der Waals surface area contributed by atoms with Gasteiger partial charge in [0, 0.05) is 26.2 Å². The smallest absolute Gasteiger partial charge is 0.253 e. The largest absolute Gasteiger partial charge is 0.366 e. The Morgan fingerprint density at radius 2 is 2.35 bits per heavy atom. The van der Waals surface area contributed by atoms with Crippen LogP contribution in [-0.2, 0) is 14.3 Å². The van der Waals surface area contributed by atoms with E-state index < -0.39 is 6.10 Å². The van der Waals surface area contributed by atoms with Crippen LogP contribution in [0.2, 0.25) is 0 Å². The molecule has 2 heterocycles. The van der Waals surface area contributed by atoms with Crippen molar-refractivity contribution in [1.82, 2.24) is 15.5 Å². The highest BCUT2D eigenvalue weighted by Crippen LogP contribution is 2.12. The number of nitrogens with zero attached hydrogens (tertiary/aromatic N) is 1. The molecule has 2 fully saturated rings. The Hall–Kier alpha value is -1.14. The van der Waals surface area contributed by atoms with Crippen LogP contribution in [-0.4, -0.2) is 61.6 Å². The Bertz CT molecular complexity index is 302. The highest BCUT2D eigenvalue weighted by molar-refractivity contribution is 5.90. The highest BCUT2D eigenvalue weighted by Gasteiger charge is 2.35. The van der Waals surface area contributed by atoms with E-state index in [2.05, 4.69) is 10.6 Å². The van der Waals surface area contributed by atoms with Crippen LogP contribution in [0.5, 0.6) is 0 Å². The molecule has 0 radical (unpaired) electrons. The maximum Gasteiger partial charge on any atom is 0.253 e. The number of morpholine rings is 1. The number of carbonyl (C=O) groups is 2. The topological polar surface area (TPSA) is 70.7 Å². The van der Waals surface area contributed by atoms with Gasteiger partial charge in [0.1, 0.15) is 12.1 Å². The third-order valence-electron chi connectivity index (χ3n) is 3.20. The quantitative estimate of drug-likeness (QED) is 0.631. The van der Waals surface area contributed by atoms with Crippen LogP contribution in [0.25, 0.3) is 0 Å². The highest BCUT2D eigenvalue weighted by atomic mass is 16.5. The maximum absolute atomic E-state index is 12.2. The molecule has 0 bridgehead atoms. The van der Waals surface area contributed by atoms with Crippen molar-refractivity contribution in [1.29, 1.82) is 0 Å². The normalized spacial score (nSPS) is 29.9. The summed E-state index contributed by atoms with van der Waals surface area (Å²) in [5.41, 5.74) is 0. The average molecular weight is 241 g/mol. The molecule has 2 rings (SSSR count). The first-order chi connectivity index (χ1) is 8.24. The fourth-order valence-corrected chi connectivity index (χ4v) is 2.29. The number of hydrogen-bond donors (Lipinski definition) is 2. The van der Waals surface area contributed by atoms with Gasteiger partial charge in [-0.25, -0.2) is 0 Å². The zero-order valence-electron chi connectivity index (χ0n) is 10.1. The standard InChI is InChI=1S/C11H19N3O3/c1-2-8-10(15)13-3-5-14(8)11(16)9-7-12-4-6-17-9/h8-9,12H,2-7H2,1H3,(H,13,15)/t8-,9-/m0/s1. The van der Waals surface area contributed by atoms with Gasteiger partial charge < -0.3 is 20.3 Å². The number of nitrogens with one attached hydrogen (secondary N) is 2. The van der Waals surface area contributed by atoms with Gasteiger partial charge in [-0.3, -0.25) is 9.59 Å². The molecule has 0 spiro atoms. The fraction of sp³-hybridized carbons (Fsp3) is 0.818. The molecule has 2 aliphatic heterocycles. The molecule has 0 unspecified atom stereocenters. The number of hydrogen-bond acceptors (Lipinski definition) is 4. The first-order valence-electron chi connectivity index (χ1n) is 6.14. The predicted octanol–water partition coefficient (Wildman–Crippen LogP) is -1.29. The Kier molecular flexibility index (Phi) is 3.96. The van der Waals surface area contributed by atoms with Gasteiger partial charge in [0.2, 0.25) is 5.91 Å². The summed E-state index contributed by atoms with van der Waals surface area (Å²) >= 11 is 0. The number of piperazine rings is 1. The van der Waals surface area contributed by atoms with Crippen LogP contribution < -0.4 is 10.6 Å². The second-order valence-corrected chi connectivity index (χ2v) is 4.31. The summed E-state index contributed by atoms with van der Waals surface area (Å²) in [5.74, 6) is -0.130. The molecule has 17 heavy (non-hydrogen) atoms. The number of ether oxygens (including phenoxy) is 1. The van der Waals surface area contributed by atoms with Crippen LogP contribution in [0.4, 0.5) is 0 Å². The summed E-state index contributed by atoms with van der Waals surface area (Å²) in [4.78, 5) is 25.6. The lowest BCUT2D eigenvalue weighted by Crippen LogP contribution is -2.60. The van der Waals surface area contributed by atoms with Crippen molar-refractivity contribution in [2.75, 3.05) is 32.8 Å². The summed E-state index contributed by atoms with van der Waals surface area (Å²) in [6.45, 7) is 4.88. The molecule has 2 aliphatic rings. The van der Waals surface area contributed by atoms with E-state index in [0.29, 0.717) is 32.7 Å². The average Bonchev–Trinajstić information content (AvgIpc) is 2.38. The van der Waals surface area contributed by atoms with E-state index in [1.54, 1.807) is 4.90 Å². The zero-order valence-corrected chi connectivity index (χ0v) is 10.1. The molecule has 96 valence electrons. The molecule has 2 amide bonds. The second-order valence-electron chi connectivity index (χ2n) is 4.31. The Morgan fingerprint density at radius 1 is 1.53 bits per heavy atom. The van der Waals surface area contributed by atoms with E-state index in [9.17, 15) is 9.59 Å². The van der Waals surface area contributed by atoms with Crippen molar-refractivity contribution in [2.45, 2.75) is 25.5 Å². The maximum atomic E-state index is 12.2. The lowest BCUT2D eigenvalue weighted by atomic mass is 10.1. The first-order valence-corrected chi connectivity index (χ1v) is 6.14. The summed E-state index contributed by atoms with van der Waals surface area (Å²) in [5, 5.41) is 5.91. The van der Waals surface area contributed by atoms with Crippen molar-refractivity contribution >= 4 is 11.8 Å². The lowest BCUT2D eigenvalue weighted by Gasteiger charge is -2.37. The minimum absolute atomic E-state index is 0.0594. The van der Waals surface area contributed by atoms with Crippen LogP contribution in [0, 0.1) is 0 Å². The van der Waals surface area contributed by atoms with Gasteiger partial charge in [-0.2, -0.15) is 0 Å². The van der Waals surface area contributed by atoms with Crippen LogP contribution in [0.15, 0.2) is 0 Å². The van der Waals surface area contributed by atoms with Crippen LogP contribution in [0.1, 0.15) is 13.3 Å². The van der Waals surface area contributed by atoms with E-state index in [0.717, 1.165) is 6.54 Å². The molecular weight excluding hydrogens is 222 g/mol. The van der Waals surface area contributed by atoms with E-state index in [-0.39, 0.29) is 17.9 Å². The molecule has 2 saturated heterocycles. The third-order valence-corrected chi connectivity index (χ3v) is 3.20. The minimum Gasteiger partial charge on any atom is -0.366 e. The van der Waals surface area contributed by atoms with Gasteiger partial charge in [-0.05, 0) is 6.42 Å². The van der Waals surface area contributed by atoms with Crippen molar-refractivity contribution in [3.63, 3.8) is 0 Å². The van der Waals surface area contributed by atoms with Crippen LogP contribution in [0.3, 0.4) is 0 Å². The van der Waals surface area contributed by atoms with E-state index in [1.165, 1.54) is 0 Å². The SMILES string of the molecule is CC[C@H]1C(=O)NCCN1C(=O)[C@@H]1CNCCO1. The second kappa shape index (κ2) is 5.46. The summed E-state index contributed by atoms with van der Waals surface area (Å²) in [7, 11) is 0. The summed E-state index contributed by atoms with van der Waals surface area (Å²) in [6.07, 6.45) is 0.196. The molecule has 0 aromatic heterocycles. The van der Waals surface area contributed by atoms with Gasteiger partial charge in [0.15, 0.2) is 0 Å². The van der Waals surface area contributed by atoms with E-state index >= 15 is 0 Å². The van der Waals surface area contributed by atoms with Gasteiger partial charge >= 0.3 is 0 Å². The van der Waals surface area contributed by atoms with Crippen LogP contribution >= 0.6 is 0 Å². The summed E-state index contributed by atoms with van der Waals surface area (Å²) < 4.78 is 5.44. The number of amides is 2. The van der Waals surface area contributed by atoms with Gasteiger partial charge in [-0.15, -0.1) is 0 Å². The van der Waals surface area contributed by atoms with E-state index in [1.807, 2.05) is 6.92 Å². The monoisotopic (exact) mass is 241 g/mol. The number of rotatable bonds is 2. The van der Waals surface area contributed by atoms with E-state index in [4.69, 9.17) is 4.74 Å². The molecule has 0 aliphatic carbocycles. The van der Waals surface area contributed by atoms with Crippen molar-refractivity contribution in [2.24, 2.45) is 0 Å². The van der Waals surface area contributed by atoms with Crippen molar-refractivity contribution in [3.05, 3.63) is 0 Å². The molecule has 0 aromatic carbocycles. The molecule has 0 aromatic rings. The lowest BCUT2D eigenvalue weighted by molar-refractivity contribution is -0.153. The summed E-state index contributed by atoms with van der Waals surface area (Å²) in [6, 6.07) is -0.346. The van der Waals surface area contributed by atoms with Crippen molar-refractivity contribution in [3.8, 4) is 0 Å². The molecular formula is C11H19N3O3. The molecule has 2 atom stereocenters. The van der Waals surface area contributed by atoms with Gasteiger partial charge in [0.25, 0.3) is 5.91 Å². The third kappa shape index (κ3) is 2.58. The van der Waals surface area contributed by atoms with Gasteiger partial charge in [-0.1, -0.05) is 6.92 Å².